The summed E-state index contributed by atoms with van der Waals surface area (Å²) in [5.74, 6) is 0.936. The molecule has 110 valence electrons. The van der Waals surface area contributed by atoms with Crippen molar-refractivity contribution < 1.29 is 0 Å². The maximum atomic E-state index is 4.62. The summed E-state index contributed by atoms with van der Waals surface area (Å²) in [6.45, 7) is 4.79. The number of hydrogen-bond donors (Lipinski definition) is 2. The van der Waals surface area contributed by atoms with Crippen LogP contribution in [0.2, 0.25) is 0 Å². The maximum absolute atomic E-state index is 4.62. The van der Waals surface area contributed by atoms with Crippen molar-refractivity contribution in [2.24, 2.45) is 4.99 Å². The Labute approximate surface area is 120 Å². The van der Waals surface area contributed by atoms with E-state index in [1.54, 1.807) is 12.7 Å². The van der Waals surface area contributed by atoms with Crippen molar-refractivity contribution in [3.8, 4) is 0 Å². The van der Waals surface area contributed by atoms with E-state index in [4.69, 9.17) is 0 Å². The molecular formula is C14H24N6. The molecule has 0 saturated heterocycles. The minimum Gasteiger partial charge on any atom is -0.357 e. The Balaban J connectivity index is 1.65. The van der Waals surface area contributed by atoms with Crippen LogP contribution in [0.25, 0.3) is 0 Å². The van der Waals surface area contributed by atoms with Gasteiger partial charge in [0.1, 0.15) is 12.7 Å². The van der Waals surface area contributed by atoms with Crippen molar-refractivity contribution in [2.45, 2.75) is 45.2 Å². The largest absolute Gasteiger partial charge is 0.357 e. The molecule has 0 spiro atoms. The van der Waals surface area contributed by atoms with Crippen LogP contribution in [0.5, 0.6) is 0 Å². The van der Waals surface area contributed by atoms with Crippen molar-refractivity contribution in [1.82, 2.24) is 25.4 Å². The van der Waals surface area contributed by atoms with E-state index >= 15 is 0 Å². The van der Waals surface area contributed by atoms with Gasteiger partial charge in [0.2, 0.25) is 0 Å². The number of rotatable bonds is 7. The molecule has 0 amide bonds. The summed E-state index contributed by atoms with van der Waals surface area (Å²) in [7, 11) is 0. The molecule has 6 heteroatoms. The number of hydrogen-bond acceptors (Lipinski definition) is 3. The Bertz CT molecular complexity index is 415. The third-order valence-corrected chi connectivity index (χ3v) is 3.25. The second kappa shape index (κ2) is 8.35. The summed E-state index contributed by atoms with van der Waals surface area (Å²) in [5, 5.41) is 14.4. The van der Waals surface area contributed by atoms with Gasteiger partial charge in [-0.25, -0.2) is 0 Å². The van der Waals surface area contributed by atoms with Gasteiger partial charge in [0, 0.05) is 25.7 Å². The van der Waals surface area contributed by atoms with Gasteiger partial charge in [0.25, 0.3) is 0 Å². The van der Waals surface area contributed by atoms with E-state index in [2.05, 4.69) is 44.9 Å². The third kappa shape index (κ3) is 5.03. The van der Waals surface area contributed by atoms with Crippen molar-refractivity contribution >= 4 is 5.96 Å². The van der Waals surface area contributed by atoms with Crippen molar-refractivity contribution in [3.05, 3.63) is 24.8 Å². The van der Waals surface area contributed by atoms with E-state index in [1.807, 2.05) is 4.57 Å². The second-order valence-electron chi connectivity index (χ2n) is 4.95. The summed E-state index contributed by atoms with van der Waals surface area (Å²) in [4.78, 5) is 4.62. The van der Waals surface area contributed by atoms with Gasteiger partial charge in [-0.2, -0.15) is 0 Å². The van der Waals surface area contributed by atoms with E-state index in [9.17, 15) is 0 Å². The highest BCUT2D eigenvalue weighted by Gasteiger charge is 2.11. The molecule has 0 aliphatic heterocycles. The molecule has 0 saturated carbocycles. The maximum Gasteiger partial charge on any atom is 0.191 e. The Morgan fingerprint density at radius 1 is 1.25 bits per heavy atom. The normalized spacial score (nSPS) is 15.8. The van der Waals surface area contributed by atoms with Gasteiger partial charge in [0.15, 0.2) is 5.96 Å². The first kappa shape index (κ1) is 14.6. The Hall–Kier alpha value is -1.85. The second-order valence-corrected chi connectivity index (χ2v) is 4.95. The first-order chi connectivity index (χ1) is 9.88. The van der Waals surface area contributed by atoms with E-state index < -0.39 is 0 Å². The minimum atomic E-state index is 0.504. The molecule has 1 heterocycles. The predicted molar refractivity (Wildman–Crippen MR) is 80.5 cm³/mol. The lowest BCUT2D eigenvalue weighted by atomic mass is 10.2. The molecule has 0 bridgehead atoms. The quantitative estimate of drug-likeness (QED) is 0.341. The highest BCUT2D eigenvalue weighted by molar-refractivity contribution is 5.80. The summed E-state index contributed by atoms with van der Waals surface area (Å²) in [6.07, 6.45) is 12.3. The number of aliphatic imine (C=N–C) groups is 1. The Morgan fingerprint density at radius 3 is 2.70 bits per heavy atom. The molecule has 1 aliphatic carbocycles. The lowest BCUT2D eigenvalue weighted by Gasteiger charge is -2.16. The van der Waals surface area contributed by atoms with Gasteiger partial charge < -0.3 is 15.2 Å². The van der Waals surface area contributed by atoms with Crippen molar-refractivity contribution in [1.29, 1.82) is 0 Å². The zero-order valence-corrected chi connectivity index (χ0v) is 12.1. The van der Waals surface area contributed by atoms with Gasteiger partial charge >= 0.3 is 0 Å². The fourth-order valence-corrected chi connectivity index (χ4v) is 2.18. The number of unbranched alkanes of at least 4 members (excludes halogenated alkanes) is 1. The van der Waals surface area contributed by atoms with Crippen LogP contribution >= 0.6 is 0 Å². The molecule has 0 unspecified atom stereocenters. The molecule has 0 atom stereocenters. The molecule has 2 N–H and O–H groups in total. The lowest BCUT2D eigenvalue weighted by Crippen LogP contribution is -2.42. The number of nitrogens with zero attached hydrogens (tertiary/aromatic N) is 4. The number of aromatic nitrogens is 3. The topological polar surface area (TPSA) is 67.1 Å². The van der Waals surface area contributed by atoms with Crippen LogP contribution in [-0.4, -0.2) is 39.9 Å². The smallest absolute Gasteiger partial charge is 0.191 e. The standard InChI is InChI=1S/C14H24N6/c1-2-15-14(19-13-7-3-4-8-13)16-9-5-6-10-20-11-17-18-12-20/h3-4,11-13H,2,5-10H2,1H3,(H2,15,16,19). The molecule has 6 nitrogen and oxygen atoms in total. The summed E-state index contributed by atoms with van der Waals surface area (Å²) in [6, 6.07) is 0.504. The van der Waals surface area contributed by atoms with Gasteiger partial charge in [0.05, 0.1) is 0 Å². The molecular weight excluding hydrogens is 252 g/mol. The van der Waals surface area contributed by atoms with Gasteiger partial charge in [-0.05, 0) is 32.6 Å². The minimum absolute atomic E-state index is 0.504. The van der Waals surface area contributed by atoms with Gasteiger partial charge in [-0.1, -0.05) is 12.2 Å². The lowest BCUT2D eigenvalue weighted by molar-refractivity contribution is 0.605. The highest BCUT2D eigenvalue weighted by atomic mass is 15.2. The molecule has 0 radical (unpaired) electrons. The van der Waals surface area contributed by atoms with Crippen LogP contribution in [0.4, 0.5) is 0 Å². The van der Waals surface area contributed by atoms with Crippen LogP contribution in [0.3, 0.4) is 0 Å². The molecule has 1 aliphatic rings. The van der Waals surface area contributed by atoms with E-state index in [0.29, 0.717) is 6.04 Å². The Kier molecular flexibility index (Phi) is 6.07. The van der Waals surface area contributed by atoms with E-state index in [-0.39, 0.29) is 0 Å². The van der Waals surface area contributed by atoms with Crippen LogP contribution < -0.4 is 10.6 Å². The highest BCUT2D eigenvalue weighted by Crippen LogP contribution is 2.08. The zero-order valence-electron chi connectivity index (χ0n) is 12.1. The average molecular weight is 276 g/mol. The van der Waals surface area contributed by atoms with Gasteiger partial charge in [-0.15, -0.1) is 10.2 Å². The van der Waals surface area contributed by atoms with Gasteiger partial charge in [-0.3, -0.25) is 4.99 Å². The number of aryl methyl sites for hydroxylation is 1. The predicted octanol–water partition coefficient (Wildman–Crippen LogP) is 1.33. The summed E-state index contributed by atoms with van der Waals surface area (Å²) < 4.78 is 2.00. The van der Waals surface area contributed by atoms with Crippen molar-refractivity contribution in [3.63, 3.8) is 0 Å². The average Bonchev–Trinajstić information content (AvgIpc) is 3.11. The monoisotopic (exact) mass is 276 g/mol. The first-order valence-electron chi connectivity index (χ1n) is 7.40. The molecule has 1 aromatic rings. The van der Waals surface area contributed by atoms with E-state index in [1.165, 1.54) is 0 Å². The Morgan fingerprint density at radius 2 is 2.00 bits per heavy atom. The number of nitrogens with one attached hydrogen (secondary N) is 2. The van der Waals surface area contributed by atoms with Crippen molar-refractivity contribution in [2.75, 3.05) is 13.1 Å². The summed E-state index contributed by atoms with van der Waals surface area (Å²) in [5.41, 5.74) is 0. The fourth-order valence-electron chi connectivity index (χ4n) is 2.18. The fraction of sp³-hybridized carbons (Fsp3) is 0.643. The van der Waals surface area contributed by atoms with Crippen LogP contribution in [0.1, 0.15) is 32.6 Å². The first-order valence-corrected chi connectivity index (χ1v) is 7.40. The number of guanidine groups is 1. The molecule has 0 fully saturated rings. The SMILES string of the molecule is CCNC(=NCCCCn1cnnc1)NC1CC=CC1. The van der Waals surface area contributed by atoms with Crippen LogP contribution in [0, 0.1) is 0 Å². The zero-order chi connectivity index (χ0) is 14.0. The molecule has 0 aromatic carbocycles. The third-order valence-electron chi connectivity index (χ3n) is 3.25. The molecule has 2 rings (SSSR count). The summed E-state index contributed by atoms with van der Waals surface area (Å²) >= 11 is 0. The van der Waals surface area contributed by atoms with Crippen LogP contribution in [-0.2, 0) is 6.54 Å². The van der Waals surface area contributed by atoms with Crippen LogP contribution in [0.15, 0.2) is 29.8 Å². The van der Waals surface area contributed by atoms with E-state index in [0.717, 1.165) is 51.3 Å². The molecule has 20 heavy (non-hydrogen) atoms. The molecule has 1 aromatic heterocycles.